The van der Waals surface area contributed by atoms with E-state index >= 15 is 0 Å². The number of sulfonamides is 1. The van der Waals surface area contributed by atoms with Gasteiger partial charge < -0.3 is 15.4 Å². The zero-order chi connectivity index (χ0) is 17.9. The van der Waals surface area contributed by atoms with Crippen LogP contribution in [-0.4, -0.2) is 51.3 Å². The summed E-state index contributed by atoms with van der Waals surface area (Å²) in [5.41, 5.74) is 0.324. The second-order valence-corrected chi connectivity index (χ2v) is 7.65. The van der Waals surface area contributed by atoms with Crippen LogP contribution in [-0.2, 0) is 19.6 Å². The maximum absolute atomic E-state index is 12.4. The molecule has 1 aliphatic heterocycles. The number of anilines is 1. The van der Waals surface area contributed by atoms with Crippen LogP contribution in [0.15, 0.2) is 23.1 Å². The smallest absolute Gasteiger partial charge is 0.246 e. The zero-order valence-electron chi connectivity index (χ0n) is 13.8. The summed E-state index contributed by atoms with van der Waals surface area (Å²) in [6.45, 7) is 2.07. The highest BCUT2D eigenvalue weighted by atomic mass is 32.2. The van der Waals surface area contributed by atoms with Crippen molar-refractivity contribution >= 4 is 27.5 Å². The van der Waals surface area contributed by atoms with Crippen LogP contribution in [0.2, 0.25) is 0 Å². The van der Waals surface area contributed by atoms with Crippen LogP contribution in [0.5, 0.6) is 5.75 Å². The number of hydrogen-bond acceptors (Lipinski definition) is 5. The fourth-order valence-electron chi connectivity index (χ4n) is 2.30. The fourth-order valence-corrected chi connectivity index (χ4v) is 3.35. The van der Waals surface area contributed by atoms with E-state index < -0.39 is 16.1 Å². The van der Waals surface area contributed by atoms with Gasteiger partial charge in [-0.25, -0.2) is 12.7 Å². The summed E-state index contributed by atoms with van der Waals surface area (Å²) in [5, 5.41) is 5.20. The van der Waals surface area contributed by atoms with E-state index in [9.17, 15) is 18.0 Å². The van der Waals surface area contributed by atoms with Crippen molar-refractivity contribution in [2.24, 2.45) is 0 Å². The lowest BCUT2D eigenvalue weighted by molar-refractivity contribution is -0.122. The first-order valence-electron chi connectivity index (χ1n) is 7.55. The van der Waals surface area contributed by atoms with Gasteiger partial charge in [0.05, 0.1) is 6.61 Å². The van der Waals surface area contributed by atoms with Gasteiger partial charge in [-0.3, -0.25) is 9.59 Å². The Kier molecular flexibility index (Phi) is 5.45. The van der Waals surface area contributed by atoms with Crippen LogP contribution >= 0.6 is 0 Å². The van der Waals surface area contributed by atoms with E-state index in [2.05, 4.69) is 10.6 Å². The Bertz CT molecular complexity index is 745. The molecule has 1 aromatic carbocycles. The molecular formula is C15H21N3O5S. The Hall–Kier alpha value is -2.13. The molecular weight excluding hydrogens is 334 g/mol. The first kappa shape index (κ1) is 18.2. The zero-order valence-corrected chi connectivity index (χ0v) is 14.6. The van der Waals surface area contributed by atoms with E-state index in [0.717, 1.165) is 4.31 Å². The second kappa shape index (κ2) is 7.18. The van der Waals surface area contributed by atoms with Gasteiger partial charge in [-0.1, -0.05) is 0 Å². The molecule has 0 bridgehead atoms. The highest BCUT2D eigenvalue weighted by Crippen LogP contribution is 2.29. The molecule has 0 aromatic heterocycles. The minimum absolute atomic E-state index is 0.0254. The first-order valence-corrected chi connectivity index (χ1v) is 8.99. The summed E-state index contributed by atoms with van der Waals surface area (Å²) in [5.74, 6) is -0.325. The molecule has 1 atom stereocenters. The number of nitrogens with zero attached hydrogens (tertiary/aromatic N) is 1. The van der Waals surface area contributed by atoms with Crippen molar-refractivity contribution in [2.75, 3.05) is 26.0 Å². The molecule has 9 heteroatoms. The predicted molar refractivity (Wildman–Crippen MR) is 88.3 cm³/mol. The molecule has 1 aliphatic rings. The third kappa shape index (κ3) is 3.85. The summed E-state index contributed by atoms with van der Waals surface area (Å²) in [7, 11) is -0.887. The average molecular weight is 355 g/mol. The monoisotopic (exact) mass is 355 g/mol. The Balaban J connectivity index is 2.29. The summed E-state index contributed by atoms with van der Waals surface area (Å²) in [4.78, 5) is 23.3. The molecule has 2 N–H and O–H groups in total. The van der Waals surface area contributed by atoms with Crippen LogP contribution in [0.25, 0.3) is 0 Å². The number of carbonyl (C=O) groups excluding carboxylic acids is 2. The largest absolute Gasteiger partial charge is 0.492 e. The van der Waals surface area contributed by atoms with Crippen LogP contribution in [0.4, 0.5) is 5.69 Å². The Morgan fingerprint density at radius 1 is 1.42 bits per heavy atom. The lowest BCUT2D eigenvalue weighted by Crippen LogP contribution is -2.37. The van der Waals surface area contributed by atoms with E-state index in [1.807, 2.05) is 0 Å². The maximum Gasteiger partial charge on any atom is 0.246 e. The number of nitrogens with one attached hydrogen (secondary N) is 2. The number of carbonyl (C=O) groups is 2. The summed E-state index contributed by atoms with van der Waals surface area (Å²) < 4.78 is 31.3. The van der Waals surface area contributed by atoms with Crippen molar-refractivity contribution in [3.8, 4) is 5.75 Å². The minimum Gasteiger partial charge on any atom is -0.492 e. The molecule has 0 aliphatic carbocycles. The van der Waals surface area contributed by atoms with Crippen LogP contribution in [0.3, 0.4) is 0 Å². The van der Waals surface area contributed by atoms with E-state index in [1.165, 1.54) is 26.2 Å². The van der Waals surface area contributed by atoms with E-state index in [0.29, 0.717) is 25.1 Å². The topological polar surface area (TPSA) is 105 Å². The quantitative estimate of drug-likeness (QED) is 0.775. The molecule has 2 amide bonds. The molecule has 0 spiro atoms. The van der Waals surface area contributed by atoms with Crippen molar-refractivity contribution in [3.63, 3.8) is 0 Å². The van der Waals surface area contributed by atoms with Crippen LogP contribution < -0.4 is 15.4 Å². The summed E-state index contributed by atoms with van der Waals surface area (Å²) >= 11 is 0. The molecule has 0 radical (unpaired) electrons. The normalized spacial score (nSPS) is 17.7. The summed E-state index contributed by atoms with van der Waals surface area (Å²) in [6.07, 6.45) is 0.728. The average Bonchev–Trinajstić information content (AvgIpc) is 2.95. The number of hydrogen-bond donors (Lipinski definition) is 2. The van der Waals surface area contributed by atoms with Crippen LogP contribution in [0.1, 0.15) is 19.8 Å². The molecule has 1 heterocycles. The molecule has 24 heavy (non-hydrogen) atoms. The van der Waals surface area contributed by atoms with Crippen LogP contribution in [0, 0.1) is 0 Å². The highest BCUT2D eigenvalue weighted by Gasteiger charge is 2.28. The molecule has 0 unspecified atom stereocenters. The maximum atomic E-state index is 12.4. The molecule has 1 aromatic rings. The van der Waals surface area contributed by atoms with E-state index in [1.54, 1.807) is 13.0 Å². The molecule has 8 nitrogen and oxygen atoms in total. The molecule has 2 rings (SSSR count). The van der Waals surface area contributed by atoms with Gasteiger partial charge in [0.15, 0.2) is 0 Å². The number of benzene rings is 1. The van der Waals surface area contributed by atoms with E-state index in [-0.39, 0.29) is 22.5 Å². The van der Waals surface area contributed by atoms with Gasteiger partial charge in [0, 0.05) is 26.2 Å². The third-order valence-electron chi connectivity index (χ3n) is 3.58. The highest BCUT2D eigenvalue weighted by molar-refractivity contribution is 7.89. The van der Waals surface area contributed by atoms with E-state index in [4.69, 9.17) is 4.74 Å². The van der Waals surface area contributed by atoms with Gasteiger partial charge in [-0.2, -0.15) is 0 Å². The van der Waals surface area contributed by atoms with Crippen molar-refractivity contribution in [3.05, 3.63) is 18.2 Å². The number of amides is 2. The molecule has 1 saturated heterocycles. The van der Waals surface area contributed by atoms with Crippen molar-refractivity contribution in [1.29, 1.82) is 0 Å². The predicted octanol–water partition coefficient (Wildman–Crippen LogP) is 0.553. The Morgan fingerprint density at radius 2 is 2.12 bits per heavy atom. The first-order chi connectivity index (χ1) is 11.3. The molecule has 0 saturated carbocycles. The number of rotatable bonds is 6. The van der Waals surface area contributed by atoms with Crippen molar-refractivity contribution in [1.82, 2.24) is 9.62 Å². The number of ether oxygens (including phenoxy) is 1. The van der Waals surface area contributed by atoms with Gasteiger partial charge in [0.2, 0.25) is 21.8 Å². The lowest BCUT2D eigenvalue weighted by atomic mass is 10.2. The van der Waals surface area contributed by atoms with Gasteiger partial charge in [-0.15, -0.1) is 0 Å². The van der Waals surface area contributed by atoms with Gasteiger partial charge in [0.1, 0.15) is 16.7 Å². The standard InChI is InChI=1S/C15H21N3O5S/c1-4-23-12-7-5-10(9-13(12)24(21,22)18(2)3)16-15(20)11-6-8-14(19)17-11/h5,7,9,11H,4,6,8H2,1-3H3,(H,16,20)(H,17,19)/t11-/m0/s1. The van der Waals surface area contributed by atoms with Crippen molar-refractivity contribution in [2.45, 2.75) is 30.7 Å². The minimum atomic E-state index is -3.73. The molecule has 1 fully saturated rings. The second-order valence-electron chi connectivity index (χ2n) is 5.53. The van der Waals surface area contributed by atoms with Crippen molar-refractivity contribution < 1.29 is 22.7 Å². The SMILES string of the molecule is CCOc1ccc(NC(=O)[C@@H]2CCC(=O)N2)cc1S(=O)(=O)N(C)C. The summed E-state index contributed by atoms with van der Waals surface area (Å²) in [6, 6.07) is 3.82. The third-order valence-corrected chi connectivity index (χ3v) is 5.42. The van der Waals surface area contributed by atoms with Gasteiger partial charge >= 0.3 is 0 Å². The van der Waals surface area contributed by atoms with Gasteiger partial charge in [-0.05, 0) is 31.5 Å². The Labute approximate surface area is 141 Å². The Morgan fingerprint density at radius 3 is 2.67 bits per heavy atom. The fraction of sp³-hybridized carbons (Fsp3) is 0.467. The van der Waals surface area contributed by atoms with Gasteiger partial charge in [0.25, 0.3) is 0 Å². The lowest BCUT2D eigenvalue weighted by Gasteiger charge is -2.17. The molecule has 132 valence electrons.